The third-order valence-electron chi connectivity index (χ3n) is 3.35. The van der Waals surface area contributed by atoms with E-state index in [0.717, 1.165) is 19.4 Å². The smallest absolute Gasteiger partial charge is 0.274 e. The van der Waals surface area contributed by atoms with Gasteiger partial charge in [0.05, 0.1) is 6.61 Å². The molecule has 1 unspecified atom stereocenters. The summed E-state index contributed by atoms with van der Waals surface area (Å²) in [6.45, 7) is 2.60. The molecular weight excluding hydrogens is 260 g/mol. The summed E-state index contributed by atoms with van der Waals surface area (Å²) < 4.78 is 5.05. The molecule has 1 fully saturated rings. The average molecular weight is 280 g/mol. The van der Waals surface area contributed by atoms with Gasteiger partial charge in [-0.15, -0.1) is 0 Å². The Morgan fingerprint density at radius 2 is 2.40 bits per heavy atom. The van der Waals surface area contributed by atoms with Crippen molar-refractivity contribution in [1.29, 1.82) is 0 Å². The van der Waals surface area contributed by atoms with Crippen LogP contribution in [-0.4, -0.2) is 60.4 Å². The first kappa shape index (κ1) is 14.7. The first-order valence-electron chi connectivity index (χ1n) is 6.78. The summed E-state index contributed by atoms with van der Waals surface area (Å²) in [5.41, 5.74) is -0.0684. The molecule has 1 aromatic heterocycles. The highest BCUT2D eigenvalue weighted by molar-refractivity contribution is 5.92. The molecule has 1 saturated heterocycles. The molecule has 7 nitrogen and oxygen atoms in total. The van der Waals surface area contributed by atoms with E-state index >= 15 is 0 Å². The molecule has 0 bridgehead atoms. The van der Waals surface area contributed by atoms with Gasteiger partial charge in [-0.3, -0.25) is 9.59 Å². The van der Waals surface area contributed by atoms with Crippen LogP contribution < -0.4 is 10.9 Å². The predicted octanol–water partition coefficient (Wildman–Crippen LogP) is -0.389. The summed E-state index contributed by atoms with van der Waals surface area (Å²) in [7, 11) is 1.61. The van der Waals surface area contributed by atoms with Crippen molar-refractivity contribution in [3.8, 4) is 0 Å². The minimum atomic E-state index is -0.317. The number of carbonyl (C=O) groups excluding carboxylic acids is 1. The van der Waals surface area contributed by atoms with Gasteiger partial charge in [-0.1, -0.05) is 0 Å². The molecule has 1 aliphatic rings. The minimum Gasteiger partial charge on any atom is -0.383 e. The Kier molecular flexibility index (Phi) is 5.25. The van der Waals surface area contributed by atoms with Gasteiger partial charge in [-0.2, -0.15) is 5.10 Å². The maximum Gasteiger partial charge on any atom is 0.274 e. The topological polar surface area (TPSA) is 87.3 Å². The van der Waals surface area contributed by atoms with Gasteiger partial charge in [0.15, 0.2) is 0 Å². The Balaban J connectivity index is 2.05. The van der Waals surface area contributed by atoms with Gasteiger partial charge >= 0.3 is 0 Å². The normalized spacial score (nSPS) is 18.1. The Hall–Kier alpha value is -1.73. The van der Waals surface area contributed by atoms with Crippen molar-refractivity contribution in [3.05, 3.63) is 28.2 Å². The molecule has 0 saturated carbocycles. The van der Waals surface area contributed by atoms with E-state index in [9.17, 15) is 9.59 Å². The number of hydrogen-bond donors (Lipinski definition) is 2. The second-order valence-electron chi connectivity index (χ2n) is 4.84. The molecule has 2 rings (SSSR count). The van der Waals surface area contributed by atoms with Crippen LogP contribution in [0.3, 0.4) is 0 Å². The fourth-order valence-corrected chi connectivity index (χ4v) is 2.28. The summed E-state index contributed by atoms with van der Waals surface area (Å²) in [6.07, 6.45) is 2.20. The summed E-state index contributed by atoms with van der Waals surface area (Å²) in [6, 6.07) is 3.07. The number of nitrogens with one attached hydrogen (secondary N) is 2. The van der Waals surface area contributed by atoms with Crippen LogP contribution >= 0.6 is 0 Å². The van der Waals surface area contributed by atoms with Gasteiger partial charge in [0.25, 0.3) is 11.5 Å². The summed E-state index contributed by atoms with van der Waals surface area (Å²) in [4.78, 5) is 25.1. The Labute approximate surface area is 117 Å². The molecule has 0 radical (unpaired) electrons. The fraction of sp³-hybridized carbons (Fsp3) is 0.615. The lowest BCUT2D eigenvalue weighted by molar-refractivity contribution is 0.0672. The molecule has 110 valence electrons. The van der Waals surface area contributed by atoms with Crippen LogP contribution in [0.25, 0.3) is 0 Å². The standard InChI is InChI=1S/C13H20N4O3/c1-20-8-7-17(9-10-3-2-6-14-10)13(19)11-4-5-12(18)16-15-11/h4-5,10,14H,2-3,6-9H2,1H3,(H,16,18). The lowest BCUT2D eigenvalue weighted by Crippen LogP contribution is -2.43. The molecule has 1 aliphatic heterocycles. The number of H-pyrrole nitrogens is 1. The monoisotopic (exact) mass is 280 g/mol. The van der Waals surface area contributed by atoms with Crippen molar-refractivity contribution in [2.75, 3.05) is 33.4 Å². The molecule has 1 atom stereocenters. The van der Waals surface area contributed by atoms with Crippen LogP contribution in [-0.2, 0) is 4.74 Å². The van der Waals surface area contributed by atoms with Crippen molar-refractivity contribution in [1.82, 2.24) is 20.4 Å². The van der Waals surface area contributed by atoms with Crippen molar-refractivity contribution >= 4 is 5.91 Å². The van der Waals surface area contributed by atoms with Crippen molar-refractivity contribution in [3.63, 3.8) is 0 Å². The predicted molar refractivity (Wildman–Crippen MR) is 73.7 cm³/mol. The van der Waals surface area contributed by atoms with E-state index in [2.05, 4.69) is 15.5 Å². The van der Waals surface area contributed by atoms with Gasteiger partial charge in [0.1, 0.15) is 5.69 Å². The molecule has 0 aromatic carbocycles. The van der Waals surface area contributed by atoms with Gasteiger partial charge in [-0.05, 0) is 25.5 Å². The molecule has 20 heavy (non-hydrogen) atoms. The lowest BCUT2D eigenvalue weighted by atomic mass is 10.2. The van der Waals surface area contributed by atoms with Crippen LogP contribution in [0.1, 0.15) is 23.3 Å². The largest absolute Gasteiger partial charge is 0.383 e. The number of methoxy groups -OCH3 is 1. The van der Waals surface area contributed by atoms with Gasteiger partial charge in [0, 0.05) is 32.3 Å². The van der Waals surface area contributed by atoms with E-state index in [1.807, 2.05) is 0 Å². The second kappa shape index (κ2) is 7.16. The average Bonchev–Trinajstić information content (AvgIpc) is 2.96. The van der Waals surface area contributed by atoms with E-state index < -0.39 is 0 Å². The second-order valence-corrected chi connectivity index (χ2v) is 4.84. The quantitative estimate of drug-likeness (QED) is 0.741. The molecule has 7 heteroatoms. The summed E-state index contributed by atoms with van der Waals surface area (Å²) >= 11 is 0. The van der Waals surface area contributed by atoms with Crippen LogP contribution in [0, 0.1) is 0 Å². The Morgan fingerprint density at radius 1 is 1.55 bits per heavy atom. The van der Waals surface area contributed by atoms with Crippen LogP contribution in [0.2, 0.25) is 0 Å². The van der Waals surface area contributed by atoms with E-state index in [-0.39, 0.29) is 17.2 Å². The molecule has 2 N–H and O–H groups in total. The first-order chi connectivity index (χ1) is 9.70. The molecular formula is C13H20N4O3. The van der Waals surface area contributed by atoms with Crippen molar-refractivity contribution in [2.45, 2.75) is 18.9 Å². The summed E-state index contributed by atoms with van der Waals surface area (Å²) in [5.74, 6) is -0.188. The number of carbonyl (C=O) groups is 1. The van der Waals surface area contributed by atoms with Crippen LogP contribution in [0.4, 0.5) is 0 Å². The van der Waals surface area contributed by atoms with E-state index in [1.54, 1.807) is 12.0 Å². The number of rotatable bonds is 6. The van der Waals surface area contributed by atoms with Crippen LogP contribution in [0.5, 0.6) is 0 Å². The molecule has 0 aliphatic carbocycles. The zero-order valence-corrected chi connectivity index (χ0v) is 11.6. The number of hydrogen-bond acceptors (Lipinski definition) is 5. The SMILES string of the molecule is COCCN(CC1CCCN1)C(=O)c1ccc(=O)[nH]n1. The highest BCUT2D eigenvalue weighted by atomic mass is 16.5. The summed E-state index contributed by atoms with van der Waals surface area (Å²) in [5, 5.41) is 9.44. The molecule has 1 amide bonds. The minimum absolute atomic E-state index is 0.188. The Morgan fingerprint density at radius 3 is 3.00 bits per heavy atom. The third-order valence-corrected chi connectivity index (χ3v) is 3.35. The van der Waals surface area contributed by atoms with Crippen molar-refractivity contribution < 1.29 is 9.53 Å². The van der Waals surface area contributed by atoms with Crippen molar-refractivity contribution in [2.24, 2.45) is 0 Å². The van der Waals surface area contributed by atoms with E-state index in [0.29, 0.717) is 25.7 Å². The molecule has 0 spiro atoms. The first-order valence-corrected chi connectivity index (χ1v) is 6.78. The van der Waals surface area contributed by atoms with Crippen LogP contribution in [0.15, 0.2) is 16.9 Å². The fourth-order valence-electron chi connectivity index (χ4n) is 2.28. The maximum absolute atomic E-state index is 12.4. The van der Waals surface area contributed by atoms with Gasteiger partial charge < -0.3 is 15.0 Å². The Bertz CT molecular complexity index is 476. The maximum atomic E-state index is 12.4. The molecule has 2 heterocycles. The third kappa shape index (κ3) is 3.88. The number of nitrogens with zero attached hydrogens (tertiary/aromatic N) is 2. The van der Waals surface area contributed by atoms with Gasteiger partial charge in [0.2, 0.25) is 0 Å². The highest BCUT2D eigenvalue weighted by Gasteiger charge is 2.23. The zero-order valence-electron chi connectivity index (χ0n) is 11.6. The number of aromatic amines is 1. The number of aromatic nitrogens is 2. The molecule has 1 aromatic rings. The van der Waals surface area contributed by atoms with E-state index in [4.69, 9.17) is 4.74 Å². The lowest BCUT2D eigenvalue weighted by Gasteiger charge is -2.25. The number of ether oxygens (including phenoxy) is 1. The zero-order chi connectivity index (χ0) is 14.4. The highest BCUT2D eigenvalue weighted by Crippen LogP contribution is 2.09. The van der Waals surface area contributed by atoms with E-state index in [1.165, 1.54) is 12.1 Å². The van der Waals surface area contributed by atoms with Gasteiger partial charge in [-0.25, -0.2) is 5.10 Å². The number of amides is 1.